The van der Waals surface area contributed by atoms with Gasteiger partial charge in [0.2, 0.25) is 0 Å². The van der Waals surface area contributed by atoms with E-state index in [1.54, 1.807) is 18.5 Å². The monoisotopic (exact) mass is 413 g/mol. The number of aromatic nitrogens is 1. The molecule has 0 aliphatic heterocycles. The number of hydrogen-bond acceptors (Lipinski definition) is 3. The number of allylic oxidation sites excluding steroid dienone is 5. The van der Waals surface area contributed by atoms with E-state index in [1.807, 2.05) is 52.1 Å². The number of amides is 1. The van der Waals surface area contributed by atoms with E-state index in [1.165, 1.54) is 16.7 Å². The van der Waals surface area contributed by atoms with Crippen LogP contribution in [-0.4, -0.2) is 16.6 Å². The molecule has 0 aliphatic rings. The van der Waals surface area contributed by atoms with E-state index in [-0.39, 0.29) is 5.91 Å². The van der Waals surface area contributed by atoms with Crippen LogP contribution in [0.3, 0.4) is 0 Å². The number of nitrogens with zero attached hydrogens (tertiary/aromatic N) is 2. The smallest absolute Gasteiger partial charge is 0.256 e. The molecule has 0 unspecified atom stereocenters. The Balaban J connectivity index is 2.10. The molecule has 0 spiro atoms. The van der Waals surface area contributed by atoms with Crippen molar-refractivity contribution in [2.24, 2.45) is 4.99 Å². The third-order valence-electron chi connectivity index (χ3n) is 4.96. The Morgan fingerprint density at radius 3 is 2.61 bits per heavy atom. The van der Waals surface area contributed by atoms with Gasteiger partial charge < -0.3 is 5.32 Å². The van der Waals surface area contributed by atoms with E-state index in [0.29, 0.717) is 11.3 Å². The van der Waals surface area contributed by atoms with Crippen LogP contribution in [0, 0.1) is 13.8 Å². The molecule has 0 saturated carbocycles. The molecule has 1 N–H and O–H groups in total. The van der Waals surface area contributed by atoms with Crippen molar-refractivity contribution in [1.29, 1.82) is 0 Å². The highest BCUT2D eigenvalue weighted by atomic mass is 16.1. The van der Waals surface area contributed by atoms with Gasteiger partial charge in [0.1, 0.15) is 0 Å². The van der Waals surface area contributed by atoms with E-state index in [2.05, 4.69) is 53.1 Å². The predicted octanol–water partition coefficient (Wildman–Crippen LogP) is 6.33. The lowest BCUT2D eigenvalue weighted by Crippen LogP contribution is -2.22. The number of aryl methyl sites for hydroxylation is 2. The maximum atomic E-state index is 12.4. The topological polar surface area (TPSA) is 54.4 Å². The van der Waals surface area contributed by atoms with Crippen LogP contribution in [-0.2, 0) is 0 Å². The molecule has 0 aliphatic carbocycles. The van der Waals surface area contributed by atoms with Crippen molar-refractivity contribution >= 4 is 17.2 Å². The summed E-state index contributed by atoms with van der Waals surface area (Å²) in [5, 5.41) is 2.83. The Morgan fingerprint density at radius 2 is 1.94 bits per heavy atom. The summed E-state index contributed by atoms with van der Waals surface area (Å²) in [7, 11) is 0. The normalized spacial score (nSPS) is 12.5. The molecule has 160 valence electrons. The molecule has 0 bridgehead atoms. The summed E-state index contributed by atoms with van der Waals surface area (Å²) in [5.74, 6) is -0.180. The molecule has 31 heavy (non-hydrogen) atoms. The van der Waals surface area contributed by atoms with Gasteiger partial charge in [-0.2, -0.15) is 0 Å². The Morgan fingerprint density at radius 1 is 1.16 bits per heavy atom. The second kappa shape index (κ2) is 11.6. The number of pyridine rings is 1. The van der Waals surface area contributed by atoms with Gasteiger partial charge in [-0.15, -0.1) is 0 Å². The first kappa shape index (κ1) is 23.7. The van der Waals surface area contributed by atoms with E-state index < -0.39 is 0 Å². The van der Waals surface area contributed by atoms with Gasteiger partial charge in [0, 0.05) is 35.6 Å². The minimum absolute atomic E-state index is 0.180. The molecule has 1 aromatic carbocycles. The summed E-state index contributed by atoms with van der Waals surface area (Å²) in [6.07, 6.45) is 13.7. The van der Waals surface area contributed by atoms with Gasteiger partial charge in [-0.3, -0.25) is 14.8 Å². The van der Waals surface area contributed by atoms with Crippen molar-refractivity contribution < 1.29 is 4.79 Å². The summed E-state index contributed by atoms with van der Waals surface area (Å²) in [5.41, 5.74) is 7.68. The SMILES string of the molecule is C=C(/C=C\C/C(=C\C)c1cc(C(C)=N/C=C\C)ccc1C)NC(=O)c1ccncc1C. The average Bonchev–Trinajstić information content (AvgIpc) is 2.76. The van der Waals surface area contributed by atoms with Gasteiger partial charge in [-0.1, -0.05) is 36.9 Å². The van der Waals surface area contributed by atoms with E-state index in [0.717, 1.165) is 23.3 Å². The Hall–Kier alpha value is -3.53. The number of benzene rings is 1. The van der Waals surface area contributed by atoms with Crippen LogP contribution in [0.5, 0.6) is 0 Å². The Bertz CT molecular complexity index is 1070. The lowest BCUT2D eigenvalue weighted by atomic mass is 9.94. The van der Waals surface area contributed by atoms with Crippen LogP contribution in [0.25, 0.3) is 5.57 Å². The summed E-state index contributed by atoms with van der Waals surface area (Å²) < 4.78 is 0. The summed E-state index contributed by atoms with van der Waals surface area (Å²) >= 11 is 0. The molecule has 4 heteroatoms. The highest BCUT2D eigenvalue weighted by Crippen LogP contribution is 2.24. The van der Waals surface area contributed by atoms with Crippen LogP contribution in [0.4, 0.5) is 0 Å². The van der Waals surface area contributed by atoms with E-state index >= 15 is 0 Å². The molecule has 1 amide bonds. The predicted molar refractivity (Wildman–Crippen MR) is 131 cm³/mol. The maximum absolute atomic E-state index is 12.4. The molecule has 0 radical (unpaired) electrons. The number of nitrogens with one attached hydrogen (secondary N) is 1. The number of rotatable bonds is 8. The number of aliphatic imine (C=N–C) groups is 1. The minimum Gasteiger partial charge on any atom is -0.323 e. The van der Waals surface area contributed by atoms with Gasteiger partial charge >= 0.3 is 0 Å². The van der Waals surface area contributed by atoms with Crippen molar-refractivity contribution in [2.45, 2.75) is 41.0 Å². The fraction of sp³-hybridized carbons (Fsp3) is 0.222. The molecule has 0 saturated heterocycles. The average molecular weight is 414 g/mol. The van der Waals surface area contributed by atoms with Crippen LogP contribution >= 0.6 is 0 Å². The van der Waals surface area contributed by atoms with E-state index in [9.17, 15) is 4.79 Å². The summed E-state index contributed by atoms with van der Waals surface area (Å²) in [6.45, 7) is 13.9. The molecule has 2 aromatic rings. The highest BCUT2D eigenvalue weighted by molar-refractivity contribution is 6.00. The maximum Gasteiger partial charge on any atom is 0.256 e. The summed E-state index contributed by atoms with van der Waals surface area (Å²) in [6, 6.07) is 8.12. The van der Waals surface area contributed by atoms with Crippen LogP contribution in [0.2, 0.25) is 0 Å². The third kappa shape index (κ3) is 6.75. The Labute approximate surface area is 185 Å². The van der Waals surface area contributed by atoms with Gasteiger partial charge in [0.25, 0.3) is 5.91 Å². The standard InChI is InChI=1S/C27H31N3O/c1-7-15-29-22(6)24-13-12-19(3)26(17-24)23(8-2)11-9-10-21(5)30-27(31)25-14-16-28-18-20(25)4/h7-10,12-18H,5,11H2,1-4,6H3,(H,30,31)/b10-9-,15-7-,23-8+,29-22?. The molecule has 0 fully saturated rings. The van der Waals surface area contributed by atoms with Crippen LogP contribution < -0.4 is 5.32 Å². The van der Waals surface area contributed by atoms with E-state index in [4.69, 9.17) is 0 Å². The fourth-order valence-electron chi connectivity index (χ4n) is 3.15. The van der Waals surface area contributed by atoms with Gasteiger partial charge in [0.15, 0.2) is 0 Å². The van der Waals surface area contributed by atoms with Crippen molar-refractivity contribution in [3.8, 4) is 0 Å². The second-order valence-electron chi connectivity index (χ2n) is 7.32. The first-order valence-corrected chi connectivity index (χ1v) is 10.4. The zero-order chi connectivity index (χ0) is 22.8. The zero-order valence-corrected chi connectivity index (χ0v) is 19.1. The molecular formula is C27H31N3O. The first-order chi connectivity index (χ1) is 14.9. The molecule has 1 heterocycles. The second-order valence-corrected chi connectivity index (χ2v) is 7.32. The van der Waals surface area contributed by atoms with Crippen molar-refractivity contribution in [1.82, 2.24) is 10.3 Å². The van der Waals surface area contributed by atoms with Gasteiger partial charge in [0.05, 0.1) is 0 Å². The van der Waals surface area contributed by atoms with Crippen molar-refractivity contribution in [2.75, 3.05) is 0 Å². The molecule has 0 atom stereocenters. The van der Waals surface area contributed by atoms with Gasteiger partial charge in [-0.05, 0) is 87.1 Å². The van der Waals surface area contributed by atoms with Crippen LogP contribution in [0.15, 0.2) is 84.4 Å². The van der Waals surface area contributed by atoms with Crippen LogP contribution in [0.1, 0.15) is 59.8 Å². The summed E-state index contributed by atoms with van der Waals surface area (Å²) in [4.78, 5) is 20.9. The molecular weight excluding hydrogens is 382 g/mol. The molecule has 4 nitrogen and oxygen atoms in total. The lowest BCUT2D eigenvalue weighted by molar-refractivity contribution is 0.0966. The minimum atomic E-state index is -0.180. The molecule has 1 aromatic heterocycles. The third-order valence-corrected chi connectivity index (χ3v) is 4.96. The number of carbonyl (C=O) groups excluding carboxylic acids is 1. The zero-order valence-electron chi connectivity index (χ0n) is 19.1. The lowest BCUT2D eigenvalue weighted by Gasteiger charge is -2.12. The fourth-order valence-corrected chi connectivity index (χ4v) is 3.15. The number of hydrogen-bond donors (Lipinski definition) is 1. The van der Waals surface area contributed by atoms with Gasteiger partial charge in [-0.25, -0.2) is 0 Å². The Kier molecular flexibility index (Phi) is 8.89. The highest BCUT2D eigenvalue weighted by Gasteiger charge is 2.09. The van der Waals surface area contributed by atoms with Crippen molar-refractivity contribution in [3.05, 3.63) is 107 Å². The van der Waals surface area contributed by atoms with Crippen molar-refractivity contribution in [3.63, 3.8) is 0 Å². The molecule has 2 rings (SSSR count). The quantitative estimate of drug-likeness (QED) is 0.406. The largest absolute Gasteiger partial charge is 0.323 e. The first-order valence-electron chi connectivity index (χ1n) is 10.4. The number of carbonyl (C=O) groups is 1.